The molecule has 0 fully saturated rings. The third kappa shape index (κ3) is 2.31. The summed E-state index contributed by atoms with van der Waals surface area (Å²) in [5, 5.41) is 1.13. The molecule has 0 aliphatic carbocycles. The van der Waals surface area contributed by atoms with Crippen molar-refractivity contribution in [1.29, 1.82) is 0 Å². The molecule has 0 radical (unpaired) electrons. The maximum absolute atomic E-state index is 11.1. The fraction of sp³-hybridized carbons (Fsp3) is 0.154. The number of esters is 1. The van der Waals surface area contributed by atoms with Gasteiger partial charge in [-0.3, -0.25) is 0 Å². The first-order valence-corrected chi connectivity index (χ1v) is 5.22. The Kier molecular flexibility index (Phi) is 3.05. The van der Waals surface area contributed by atoms with E-state index in [4.69, 9.17) is 4.74 Å². The van der Waals surface area contributed by atoms with Crippen molar-refractivity contribution >= 4 is 22.9 Å². The van der Waals surface area contributed by atoms with Gasteiger partial charge < -0.3 is 9.72 Å². The van der Waals surface area contributed by atoms with E-state index in [0.29, 0.717) is 6.61 Å². The van der Waals surface area contributed by atoms with E-state index in [2.05, 4.69) is 4.98 Å². The van der Waals surface area contributed by atoms with Crippen molar-refractivity contribution in [2.24, 2.45) is 0 Å². The Morgan fingerprint density at radius 2 is 2.25 bits per heavy atom. The monoisotopic (exact) mass is 215 g/mol. The molecule has 0 saturated heterocycles. The number of carbonyl (C=O) groups excluding carboxylic acids is 1. The van der Waals surface area contributed by atoms with E-state index >= 15 is 0 Å². The van der Waals surface area contributed by atoms with Crippen LogP contribution in [0.4, 0.5) is 0 Å². The molecule has 2 rings (SSSR count). The average Bonchev–Trinajstić information content (AvgIpc) is 2.69. The van der Waals surface area contributed by atoms with Crippen LogP contribution in [0.5, 0.6) is 0 Å². The quantitative estimate of drug-likeness (QED) is 0.631. The van der Waals surface area contributed by atoms with E-state index < -0.39 is 0 Å². The highest BCUT2D eigenvalue weighted by atomic mass is 16.5. The highest BCUT2D eigenvalue weighted by Gasteiger charge is 1.98. The van der Waals surface area contributed by atoms with E-state index in [0.717, 1.165) is 16.6 Å². The molecule has 0 amide bonds. The lowest BCUT2D eigenvalue weighted by Gasteiger charge is -1.93. The lowest BCUT2D eigenvalue weighted by atomic mass is 10.2. The number of hydrogen-bond acceptors (Lipinski definition) is 2. The number of aromatic nitrogens is 1. The summed E-state index contributed by atoms with van der Waals surface area (Å²) < 4.78 is 4.80. The number of para-hydroxylation sites is 1. The van der Waals surface area contributed by atoms with Crippen LogP contribution in [0.2, 0.25) is 0 Å². The molecule has 0 saturated carbocycles. The van der Waals surface area contributed by atoms with Gasteiger partial charge in [0.05, 0.1) is 6.61 Å². The Bertz CT molecular complexity index is 492. The summed E-state index contributed by atoms with van der Waals surface area (Å²) in [6.45, 7) is 2.19. The summed E-state index contributed by atoms with van der Waals surface area (Å²) in [7, 11) is 0. The van der Waals surface area contributed by atoms with Crippen molar-refractivity contribution in [3.05, 3.63) is 42.1 Å². The van der Waals surface area contributed by atoms with E-state index in [1.807, 2.05) is 30.3 Å². The van der Waals surface area contributed by atoms with Gasteiger partial charge in [0.2, 0.25) is 0 Å². The molecule has 0 spiro atoms. The number of nitrogens with one attached hydrogen (secondary N) is 1. The molecule has 2 aromatic rings. The Labute approximate surface area is 93.7 Å². The molecule has 0 aliphatic rings. The van der Waals surface area contributed by atoms with Gasteiger partial charge in [-0.15, -0.1) is 0 Å². The molecule has 16 heavy (non-hydrogen) atoms. The first kappa shape index (κ1) is 10.5. The summed E-state index contributed by atoms with van der Waals surface area (Å²) in [5.41, 5.74) is 1.96. The maximum atomic E-state index is 11.1. The lowest BCUT2D eigenvalue weighted by Crippen LogP contribution is -1.98. The van der Waals surface area contributed by atoms with Crippen LogP contribution in [0, 0.1) is 0 Å². The van der Waals surface area contributed by atoms with Crippen molar-refractivity contribution in [3.8, 4) is 0 Å². The molecule has 0 atom stereocenters. The summed E-state index contributed by atoms with van der Waals surface area (Å²) in [6, 6.07) is 9.96. The normalized spacial score (nSPS) is 11.1. The van der Waals surface area contributed by atoms with Gasteiger partial charge in [-0.1, -0.05) is 18.2 Å². The van der Waals surface area contributed by atoms with Gasteiger partial charge in [0, 0.05) is 17.3 Å². The predicted molar refractivity (Wildman–Crippen MR) is 64.0 cm³/mol. The molecule has 0 unspecified atom stereocenters. The maximum Gasteiger partial charge on any atom is 0.330 e. The Balaban J connectivity index is 2.18. The third-order valence-electron chi connectivity index (χ3n) is 2.24. The molecular weight excluding hydrogens is 202 g/mol. The van der Waals surface area contributed by atoms with Gasteiger partial charge in [0.15, 0.2) is 0 Å². The minimum Gasteiger partial charge on any atom is -0.463 e. The second-order valence-corrected chi connectivity index (χ2v) is 3.40. The molecule has 0 aliphatic heterocycles. The number of hydrogen-bond donors (Lipinski definition) is 1. The van der Waals surface area contributed by atoms with Gasteiger partial charge in [-0.2, -0.15) is 0 Å². The first-order valence-electron chi connectivity index (χ1n) is 5.22. The van der Waals surface area contributed by atoms with Crippen LogP contribution < -0.4 is 0 Å². The van der Waals surface area contributed by atoms with Gasteiger partial charge in [-0.05, 0) is 30.5 Å². The Hall–Kier alpha value is -2.03. The van der Waals surface area contributed by atoms with E-state index in [-0.39, 0.29) is 5.97 Å². The highest BCUT2D eigenvalue weighted by Crippen LogP contribution is 2.15. The average molecular weight is 215 g/mol. The van der Waals surface area contributed by atoms with Crippen molar-refractivity contribution in [2.75, 3.05) is 6.61 Å². The summed E-state index contributed by atoms with van der Waals surface area (Å²) >= 11 is 0. The fourth-order valence-electron chi connectivity index (χ4n) is 1.53. The zero-order valence-electron chi connectivity index (χ0n) is 9.07. The molecule has 82 valence electrons. The van der Waals surface area contributed by atoms with Crippen LogP contribution in [0.1, 0.15) is 12.6 Å². The molecule has 1 heterocycles. The summed E-state index contributed by atoms with van der Waals surface area (Å²) in [6.07, 6.45) is 3.15. The van der Waals surface area contributed by atoms with E-state index in [1.165, 1.54) is 6.08 Å². The topological polar surface area (TPSA) is 42.1 Å². The Morgan fingerprint density at radius 3 is 3.00 bits per heavy atom. The van der Waals surface area contributed by atoms with Crippen LogP contribution in [0.25, 0.3) is 17.0 Å². The van der Waals surface area contributed by atoms with Gasteiger partial charge in [0.25, 0.3) is 0 Å². The molecule has 1 aromatic heterocycles. The molecule has 1 aromatic carbocycles. The number of fused-ring (bicyclic) bond motifs is 1. The number of aromatic amines is 1. The lowest BCUT2D eigenvalue weighted by molar-refractivity contribution is -0.137. The van der Waals surface area contributed by atoms with E-state index in [9.17, 15) is 4.79 Å². The van der Waals surface area contributed by atoms with Gasteiger partial charge >= 0.3 is 5.97 Å². The second-order valence-electron chi connectivity index (χ2n) is 3.40. The predicted octanol–water partition coefficient (Wildman–Crippen LogP) is 2.74. The molecule has 3 heteroatoms. The van der Waals surface area contributed by atoms with Crippen LogP contribution >= 0.6 is 0 Å². The summed E-state index contributed by atoms with van der Waals surface area (Å²) in [4.78, 5) is 14.3. The zero-order valence-corrected chi connectivity index (χ0v) is 9.07. The number of ether oxygens (including phenoxy) is 1. The largest absolute Gasteiger partial charge is 0.463 e. The van der Waals surface area contributed by atoms with E-state index in [1.54, 1.807) is 13.0 Å². The van der Waals surface area contributed by atoms with Crippen molar-refractivity contribution < 1.29 is 9.53 Å². The number of rotatable bonds is 3. The molecule has 1 N–H and O–H groups in total. The summed E-state index contributed by atoms with van der Waals surface area (Å²) in [5.74, 6) is -0.318. The van der Waals surface area contributed by atoms with Crippen molar-refractivity contribution in [2.45, 2.75) is 6.92 Å². The Morgan fingerprint density at radius 1 is 1.44 bits per heavy atom. The first-order chi connectivity index (χ1) is 7.79. The molecule has 0 bridgehead atoms. The fourth-order valence-corrected chi connectivity index (χ4v) is 1.53. The van der Waals surface area contributed by atoms with Crippen LogP contribution in [0.15, 0.2) is 36.4 Å². The second kappa shape index (κ2) is 4.66. The van der Waals surface area contributed by atoms with Crippen molar-refractivity contribution in [3.63, 3.8) is 0 Å². The van der Waals surface area contributed by atoms with Gasteiger partial charge in [0.1, 0.15) is 0 Å². The van der Waals surface area contributed by atoms with Gasteiger partial charge in [-0.25, -0.2) is 4.79 Å². The standard InChI is InChI=1S/C13H13NO2/c1-2-16-13(15)8-7-11-9-10-5-3-4-6-12(10)14-11/h3-9,14H,2H2,1H3. The minimum absolute atomic E-state index is 0.318. The highest BCUT2D eigenvalue weighted by molar-refractivity contribution is 5.89. The van der Waals surface area contributed by atoms with Crippen LogP contribution in [-0.4, -0.2) is 17.6 Å². The van der Waals surface area contributed by atoms with Crippen molar-refractivity contribution in [1.82, 2.24) is 4.98 Å². The zero-order chi connectivity index (χ0) is 11.4. The number of H-pyrrole nitrogens is 1. The molecule has 3 nitrogen and oxygen atoms in total. The third-order valence-corrected chi connectivity index (χ3v) is 2.24. The SMILES string of the molecule is CCOC(=O)C=Cc1cc2ccccc2[nH]1. The minimum atomic E-state index is -0.318. The van der Waals surface area contributed by atoms with Crippen LogP contribution in [-0.2, 0) is 9.53 Å². The smallest absolute Gasteiger partial charge is 0.330 e. The molecular formula is C13H13NO2. The number of carbonyl (C=O) groups is 1. The number of benzene rings is 1. The van der Waals surface area contributed by atoms with Crippen LogP contribution in [0.3, 0.4) is 0 Å².